The van der Waals surface area contributed by atoms with E-state index in [1.165, 1.54) is 5.56 Å². The second-order valence-electron chi connectivity index (χ2n) is 3.38. The summed E-state index contributed by atoms with van der Waals surface area (Å²) in [5, 5.41) is -0.0203. The smallest absolute Gasteiger partial charge is 0.0650 e. The summed E-state index contributed by atoms with van der Waals surface area (Å²) in [4.78, 5) is 4.32. The lowest BCUT2D eigenvalue weighted by Crippen LogP contribution is -1.98. The maximum absolute atomic E-state index is 6.06. The van der Waals surface area contributed by atoms with Gasteiger partial charge in [-0.25, -0.2) is 0 Å². The highest BCUT2D eigenvalue weighted by molar-refractivity contribution is 6.21. The molecule has 3 heteroatoms. The van der Waals surface area contributed by atoms with Gasteiger partial charge in [-0.3, -0.25) is 4.98 Å². The number of hydrogen-bond donors (Lipinski definition) is 0. The molecule has 0 saturated heterocycles. The van der Waals surface area contributed by atoms with Crippen LogP contribution in [0, 0.1) is 0 Å². The molecule has 78 valence electrons. The molecule has 0 aliphatic rings. The second kappa shape index (κ2) is 5.57. The first-order valence-corrected chi connectivity index (χ1v) is 5.83. The number of alkyl halides is 2. The van der Waals surface area contributed by atoms with Crippen molar-refractivity contribution in [2.24, 2.45) is 0 Å². The van der Waals surface area contributed by atoms with Gasteiger partial charge in [0.05, 0.1) is 17.0 Å². The molecule has 14 heavy (non-hydrogen) atoms. The van der Waals surface area contributed by atoms with Crippen molar-refractivity contribution in [3.8, 4) is 0 Å². The lowest BCUT2D eigenvalue weighted by atomic mass is 10.1. The van der Waals surface area contributed by atoms with Crippen LogP contribution < -0.4 is 0 Å². The van der Waals surface area contributed by atoms with E-state index in [-0.39, 0.29) is 5.38 Å². The van der Waals surface area contributed by atoms with Gasteiger partial charge < -0.3 is 0 Å². The fourth-order valence-corrected chi connectivity index (χ4v) is 1.85. The molecular weight excluding hydrogens is 217 g/mol. The molecular formula is C11H15Cl2N. The minimum absolute atomic E-state index is 0.0203. The number of rotatable bonds is 4. The van der Waals surface area contributed by atoms with Crippen molar-refractivity contribution < 1.29 is 0 Å². The van der Waals surface area contributed by atoms with Crippen molar-refractivity contribution in [3.05, 3.63) is 29.1 Å². The molecule has 0 aromatic carbocycles. The molecule has 1 heterocycles. The molecule has 1 aromatic rings. The van der Waals surface area contributed by atoms with Crippen LogP contribution in [0.15, 0.2) is 12.3 Å². The summed E-state index contributed by atoms with van der Waals surface area (Å²) in [7, 11) is 0. The zero-order chi connectivity index (χ0) is 10.6. The van der Waals surface area contributed by atoms with Gasteiger partial charge in [0.2, 0.25) is 0 Å². The molecule has 0 spiro atoms. The lowest BCUT2D eigenvalue weighted by molar-refractivity contribution is 0.894. The fourth-order valence-electron chi connectivity index (χ4n) is 1.44. The summed E-state index contributed by atoms with van der Waals surface area (Å²) in [5.74, 6) is 0.429. The standard InChI is InChI=1S/C11H15Cl2N/c1-3-4-9-5-10(8(2)13)11(6-12)14-7-9/h5,7-8H,3-4,6H2,1-2H3. The van der Waals surface area contributed by atoms with Crippen LogP contribution in [0.1, 0.15) is 42.5 Å². The molecule has 1 nitrogen and oxygen atoms in total. The predicted octanol–water partition coefficient (Wildman–Crippen LogP) is 4.07. The molecule has 0 bridgehead atoms. The van der Waals surface area contributed by atoms with Crippen molar-refractivity contribution in [2.75, 3.05) is 0 Å². The molecule has 1 atom stereocenters. The highest BCUT2D eigenvalue weighted by Gasteiger charge is 2.09. The van der Waals surface area contributed by atoms with Crippen LogP contribution in [0.5, 0.6) is 0 Å². The number of aryl methyl sites for hydroxylation is 1. The Morgan fingerprint density at radius 2 is 2.21 bits per heavy atom. The summed E-state index contributed by atoms with van der Waals surface area (Å²) in [6, 6.07) is 2.12. The molecule has 0 aliphatic carbocycles. The highest BCUT2D eigenvalue weighted by atomic mass is 35.5. The number of pyridine rings is 1. The van der Waals surface area contributed by atoms with E-state index < -0.39 is 0 Å². The van der Waals surface area contributed by atoms with E-state index in [0.29, 0.717) is 5.88 Å². The average molecular weight is 232 g/mol. The summed E-state index contributed by atoms with van der Waals surface area (Å²) in [5.41, 5.74) is 3.20. The Morgan fingerprint density at radius 1 is 1.50 bits per heavy atom. The summed E-state index contributed by atoms with van der Waals surface area (Å²) in [6.07, 6.45) is 4.06. The maximum Gasteiger partial charge on any atom is 0.0650 e. The zero-order valence-electron chi connectivity index (χ0n) is 8.56. The number of hydrogen-bond acceptors (Lipinski definition) is 1. The largest absolute Gasteiger partial charge is 0.259 e. The third kappa shape index (κ3) is 2.86. The van der Waals surface area contributed by atoms with E-state index in [2.05, 4.69) is 18.0 Å². The molecule has 0 fully saturated rings. The van der Waals surface area contributed by atoms with Crippen molar-refractivity contribution >= 4 is 23.2 Å². The summed E-state index contributed by atoms with van der Waals surface area (Å²) < 4.78 is 0. The van der Waals surface area contributed by atoms with Crippen LogP contribution in [0.3, 0.4) is 0 Å². The monoisotopic (exact) mass is 231 g/mol. The van der Waals surface area contributed by atoms with Gasteiger partial charge in [0, 0.05) is 6.20 Å². The van der Waals surface area contributed by atoms with Crippen LogP contribution in [0.2, 0.25) is 0 Å². The number of halogens is 2. The molecule has 1 rings (SSSR count). The van der Waals surface area contributed by atoms with Crippen LogP contribution in [0.25, 0.3) is 0 Å². The van der Waals surface area contributed by atoms with Crippen LogP contribution >= 0.6 is 23.2 Å². The minimum Gasteiger partial charge on any atom is -0.259 e. The molecule has 0 radical (unpaired) electrons. The van der Waals surface area contributed by atoms with Gasteiger partial charge in [-0.2, -0.15) is 0 Å². The zero-order valence-corrected chi connectivity index (χ0v) is 10.1. The number of nitrogens with zero attached hydrogens (tertiary/aromatic N) is 1. The Labute approximate surface area is 95.4 Å². The van der Waals surface area contributed by atoms with Gasteiger partial charge in [0.25, 0.3) is 0 Å². The minimum atomic E-state index is -0.0203. The van der Waals surface area contributed by atoms with E-state index >= 15 is 0 Å². The Morgan fingerprint density at radius 3 is 2.71 bits per heavy atom. The number of aromatic nitrogens is 1. The third-order valence-corrected chi connectivity index (χ3v) is 2.64. The van der Waals surface area contributed by atoms with E-state index in [4.69, 9.17) is 23.2 Å². The van der Waals surface area contributed by atoms with Crippen molar-refractivity contribution in [2.45, 2.75) is 37.9 Å². The molecule has 0 saturated carbocycles. The van der Waals surface area contributed by atoms with Gasteiger partial charge in [-0.15, -0.1) is 23.2 Å². The SMILES string of the molecule is CCCc1cnc(CCl)c(C(C)Cl)c1. The van der Waals surface area contributed by atoms with Crippen LogP contribution in [-0.4, -0.2) is 4.98 Å². The van der Waals surface area contributed by atoms with Crippen LogP contribution in [-0.2, 0) is 12.3 Å². The average Bonchev–Trinajstić information content (AvgIpc) is 2.18. The quantitative estimate of drug-likeness (QED) is 0.713. The first kappa shape index (κ1) is 11.8. The van der Waals surface area contributed by atoms with E-state index in [0.717, 1.165) is 24.1 Å². The Kier molecular flexibility index (Phi) is 4.70. The second-order valence-corrected chi connectivity index (χ2v) is 4.30. The Bertz CT molecular complexity index is 297. The molecule has 0 N–H and O–H groups in total. The lowest BCUT2D eigenvalue weighted by Gasteiger charge is -2.10. The first-order chi connectivity index (χ1) is 6.69. The molecule has 1 aromatic heterocycles. The molecule has 0 aliphatic heterocycles. The van der Waals surface area contributed by atoms with Crippen molar-refractivity contribution in [1.29, 1.82) is 0 Å². The summed E-state index contributed by atoms with van der Waals surface area (Å²) in [6.45, 7) is 4.10. The van der Waals surface area contributed by atoms with Crippen molar-refractivity contribution in [3.63, 3.8) is 0 Å². The molecule has 1 unspecified atom stereocenters. The van der Waals surface area contributed by atoms with Gasteiger partial charge >= 0.3 is 0 Å². The van der Waals surface area contributed by atoms with Gasteiger partial charge in [0.1, 0.15) is 0 Å². The first-order valence-electron chi connectivity index (χ1n) is 4.86. The maximum atomic E-state index is 6.06. The van der Waals surface area contributed by atoms with Gasteiger partial charge in [-0.1, -0.05) is 19.4 Å². The van der Waals surface area contributed by atoms with E-state index in [1.54, 1.807) is 0 Å². The van der Waals surface area contributed by atoms with E-state index in [9.17, 15) is 0 Å². The summed E-state index contributed by atoms with van der Waals surface area (Å²) >= 11 is 11.8. The Hall–Kier alpha value is -0.270. The molecule has 0 amide bonds. The Balaban J connectivity index is 3.01. The van der Waals surface area contributed by atoms with E-state index in [1.807, 2.05) is 13.1 Å². The van der Waals surface area contributed by atoms with Crippen LogP contribution in [0.4, 0.5) is 0 Å². The normalized spacial score (nSPS) is 12.9. The predicted molar refractivity (Wildman–Crippen MR) is 62.1 cm³/mol. The topological polar surface area (TPSA) is 12.9 Å². The third-order valence-electron chi connectivity index (χ3n) is 2.15. The highest BCUT2D eigenvalue weighted by Crippen LogP contribution is 2.24. The van der Waals surface area contributed by atoms with Gasteiger partial charge in [-0.05, 0) is 24.5 Å². The van der Waals surface area contributed by atoms with Crippen molar-refractivity contribution in [1.82, 2.24) is 4.98 Å². The fraction of sp³-hybridized carbons (Fsp3) is 0.545. The van der Waals surface area contributed by atoms with Gasteiger partial charge in [0.15, 0.2) is 0 Å².